The van der Waals surface area contributed by atoms with Crippen LogP contribution < -0.4 is 20.1 Å². The van der Waals surface area contributed by atoms with Gasteiger partial charge in [0.05, 0.1) is 18.8 Å². The predicted octanol–water partition coefficient (Wildman–Crippen LogP) is 3.60. The van der Waals surface area contributed by atoms with Gasteiger partial charge in [0, 0.05) is 37.3 Å². The first-order valence-electron chi connectivity index (χ1n) is 9.41. The van der Waals surface area contributed by atoms with E-state index in [1.807, 2.05) is 13.0 Å². The largest absolute Gasteiger partial charge is 0.494 e. The van der Waals surface area contributed by atoms with E-state index in [1.165, 1.54) is 5.56 Å². The molecule has 1 aromatic carbocycles. The third kappa shape index (κ3) is 5.50. The summed E-state index contributed by atoms with van der Waals surface area (Å²) >= 11 is 0. The van der Waals surface area contributed by atoms with E-state index in [1.54, 1.807) is 13.2 Å². The van der Waals surface area contributed by atoms with E-state index in [2.05, 4.69) is 52.7 Å². The number of aromatic nitrogens is 1. The normalized spacial score (nSPS) is 15.3. The van der Waals surface area contributed by atoms with Crippen molar-refractivity contribution in [2.75, 3.05) is 13.7 Å². The maximum Gasteiger partial charge on any atom is 0.191 e. The molecule has 0 fully saturated rings. The number of fused-ring (bicyclic) bond motifs is 1. The van der Waals surface area contributed by atoms with E-state index in [9.17, 15) is 0 Å². The molecule has 1 atom stereocenters. The second-order valence-electron chi connectivity index (χ2n) is 6.68. The summed E-state index contributed by atoms with van der Waals surface area (Å²) in [7, 11) is 1.76. The van der Waals surface area contributed by atoms with Gasteiger partial charge in [-0.1, -0.05) is 6.07 Å². The summed E-state index contributed by atoms with van der Waals surface area (Å²) in [6.45, 7) is 7.99. The average Bonchev–Trinajstić information content (AvgIpc) is 3.02. The number of rotatable bonds is 6. The Labute approximate surface area is 184 Å². The van der Waals surface area contributed by atoms with Crippen LogP contribution in [-0.2, 0) is 19.5 Å². The minimum Gasteiger partial charge on any atom is -0.494 e. The molecule has 2 N–H and O–H groups in total. The molecule has 0 aliphatic carbocycles. The molecule has 0 amide bonds. The van der Waals surface area contributed by atoms with Gasteiger partial charge in [0.1, 0.15) is 17.6 Å². The van der Waals surface area contributed by atoms with Crippen molar-refractivity contribution in [3.8, 4) is 11.5 Å². The van der Waals surface area contributed by atoms with Crippen LogP contribution in [0.4, 0.5) is 0 Å². The van der Waals surface area contributed by atoms with Gasteiger partial charge in [-0.25, -0.2) is 0 Å². The first-order valence-corrected chi connectivity index (χ1v) is 9.41. The summed E-state index contributed by atoms with van der Waals surface area (Å²) in [5.74, 6) is 2.57. The van der Waals surface area contributed by atoms with Gasteiger partial charge in [0.2, 0.25) is 0 Å². The highest BCUT2D eigenvalue weighted by Gasteiger charge is 2.21. The molecule has 0 radical (unpaired) electrons. The lowest BCUT2D eigenvalue weighted by Gasteiger charge is -2.16. The summed E-state index contributed by atoms with van der Waals surface area (Å²) in [6, 6.07) is 8.18. The molecule has 1 unspecified atom stereocenters. The third-order valence-electron chi connectivity index (χ3n) is 4.59. The number of guanidine groups is 1. The van der Waals surface area contributed by atoms with Crippen LogP contribution in [-0.4, -0.2) is 30.7 Å². The van der Waals surface area contributed by atoms with E-state index in [4.69, 9.17) is 9.47 Å². The van der Waals surface area contributed by atoms with Crippen molar-refractivity contribution in [3.63, 3.8) is 0 Å². The maximum absolute atomic E-state index is 5.89. The van der Waals surface area contributed by atoms with E-state index in [0.717, 1.165) is 40.7 Å². The van der Waals surface area contributed by atoms with E-state index in [0.29, 0.717) is 19.7 Å². The number of nitrogens with one attached hydrogen (secondary N) is 2. The number of ether oxygens (including phenoxy) is 2. The Morgan fingerprint density at radius 1 is 1.32 bits per heavy atom. The number of halogens is 1. The van der Waals surface area contributed by atoms with Crippen molar-refractivity contribution < 1.29 is 9.47 Å². The van der Waals surface area contributed by atoms with Crippen molar-refractivity contribution in [2.24, 2.45) is 4.99 Å². The maximum atomic E-state index is 5.89. The Hall–Kier alpha value is -2.03. The number of aliphatic imine (C=N–C) groups is 1. The fourth-order valence-corrected chi connectivity index (χ4v) is 3.18. The summed E-state index contributed by atoms with van der Waals surface area (Å²) in [5.41, 5.74) is 4.43. The highest BCUT2D eigenvalue weighted by Crippen LogP contribution is 2.35. The molecular formula is C21H29IN4O2. The third-order valence-corrected chi connectivity index (χ3v) is 4.59. The van der Waals surface area contributed by atoms with E-state index >= 15 is 0 Å². The summed E-state index contributed by atoms with van der Waals surface area (Å²) in [6.07, 6.45) is 2.95. The van der Waals surface area contributed by atoms with Crippen molar-refractivity contribution in [2.45, 2.75) is 46.4 Å². The number of hydrogen-bond acceptors (Lipinski definition) is 4. The number of benzene rings is 1. The highest BCUT2D eigenvalue weighted by atomic mass is 127. The fraction of sp³-hybridized carbons (Fsp3) is 0.429. The van der Waals surface area contributed by atoms with Crippen LogP contribution in [0.25, 0.3) is 0 Å². The van der Waals surface area contributed by atoms with Crippen LogP contribution in [0.1, 0.15) is 36.2 Å². The van der Waals surface area contributed by atoms with Gasteiger partial charge < -0.3 is 20.1 Å². The number of hydrogen-bond donors (Lipinski definition) is 2. The number of nitrogens with zero attached hydrogens (tertiary/aromatic N) is 2. The molecule has 0 bridgehead atoms. The van der Waals surface area contributed by atoms with Gasteiger partial charge in [0.25, 0.3) is 0 Å². The molecular weight excluding hydrogens is 467 g/mol. The molecule has 152 valence electrons. The molecule has 1 aliphatic rings. The second kappa shape index (κ2) is 10.5. The molecule has 7 heteroatoms. The topological polar surface area (TPSA) is 67.8 Å². The van der Waals surface area contributed by atoms with Gasteiger partial charge in [-0.15, -0.1) is 24.0 Å². The van der Waals surface area contributed by atoms with Crippen LogP contribution in [0.5, 0.6) is 11.5 Å². The van der Waals surface area contributed by atoms with Crippen molar-refractivity contribution in [1.82, 2.24) is 15.6 Å². The minimum atomic E-state index is 0. The molecule has 1 aromatic heterocycles. The van der Waals surface area contributed by atoms with Crippen LogP contribution >= 0.6 is 24.0 Å². The molecule has 3 rings (SSSR count). The molecule has 2 heterocycles. The van der Waals surface area contributed by atoms with Gasteiger partial charge in [-0.05, 0) is 44.5 Å². The first-order chi connectivity index (χ1) is 13.1. The average molecular weight is 496 g/mol. The van der Waals surface area contributed by atoms with Gasteiger partial charge in [0.15, 0.2) is 5.96 Å². The van der Waals surface area contributed by atoms with Crippen LogP contribution in [0.2, 0.25) is 0 Å². The SMILES string of the molecule is CCOc1cc2c(cc1CNC(=NC)NCc1ncccc1C)OC(C)C2.I. The van der Waals surface area contributed by atoms with E-state index in [-0.39, 0.29) is 30.1 Å². The number of aryl methyl sites for hydroxylation is 1. The van der Waals surface area contributed by atoms with E-state index < -0.39 is 0 Å². The Morgan fingerprint density at radius 3 is 2.82 bits per heavy atom. The summed E-state index contributed by atoms with van der Waals surface area (Å²) in [5, 5.41) is 6.66. The zero-order chi connectivity index (χ0) is 19.2. The van der Waals surface area contributed by atoms with Gasteiger partial charge in [-0.3, -0.25) is 9.98 Å². The molecule has 0 saturated carbocycles. The molecule has 28 heavy (non-hydrogen) atoms. The quantitative estimate of drug-likeness (QED) is 0.364. The smallest absolute Gasteiger partial charge is 0.191 e. The lowest BCUT2D eigenvalue weighted by molar-refractivity contribution is 0.254. The Kier molecular flexibility index (Phi) is 8.35. The lowest BCUT2D eigenvalue weighted by atomic mass is 10.1. The van der Waals surface area contributed by atoms with Crippen LogP contribution in [0, 0.1) is 6.92 Å². The van der Waals surface area contributed by atoms with Crippen LogP contribution in [0.3, 0.4) is 0 Å². The Balaban J connectivity index is 0.00000280. The monoisotopic (exact) mass is 496 g/mol. The molecule has 1 aliphatic heterocycles. The van der Waals surface area contributed by atoms with Gasteiger partial charge in [-0.2, -0.15) is 0 Å². The summed E-state index contributed by atoms with van der Waals surface area (Å²) < 4.78 is 11.7. The molecule has 6 nitrogen and oxygen atoms in total. The van der Waals surface area contributed by atoms with Crippen LogP contribution in [0.15, 0.2) is 35.5 Å². The first kappa shape index (κ1) is 22.3. The highest BCUT2D eigenvalue weighted by molar-refractivity contribution is 14.0. The standard InChI is InChI=1S/C21H28N4O2.HI/c1-5-26-19-10-16-9-15(3)27-20(16)11-17(19)12-24-21(22-4)25-13-18-14(2)7-6-8-23-18;/h6-8,10-11,15H,5,9,12-13H2,1-4H3,(H2,22,24,25);1H. The van der Waals surface area contributed by atoms with Crippen molar-refractivity contribution in [3.05, 3.63) is 52.8 Å². The lowest BCUT2D eigenvalue weighted by Crippen LogP contribution is -2.36. The van der Waals surface area contributed by atoms with Crippen molar-refractivity contribution >= 4 is 29.9 Å². The zero-order valence-corrected chi connectivity index (χ0v) is 19.2. The molecule has 2 aromatic rings. The summed E-state index contributed by atoms with van der Waals surface area (Å²) in [4.78, 5) is 8.71. The fourth-order valence-electron chi connectivity index (χ4n) is 3.18. The second-order valence-corrected chi connectivity index (χ2v) is 6.68. The van der Waals surface area contributed by atoms with Gasteiger partial charge >= 0.3 is 0 Å². The Morgan fingerprint density at radius 2 is 2.11 bits per heavy atom. The predicted molar refractivity (Wildman–Crippen MR) is 123 cm³/mol. The number of pyridine rings is 1. The zero-order valence-electron chi connectivity index (χ0n) is 16.9. The Bertz CT molecular complexity index is 826. The van der Waals surface area contributed by atoms with Crippen molar-refractivity contribution in [1.29, 1.82) is 0 Å². The minimum absolute atomic E-state index is 0. The molecule has 0 saturated heterocycles. The molecule has 0 spiro atoms.